The summed E-state index contributed by atoms with van der Waals surface area (Å²) in [4.78, 5) is 31.3. The lowest BCUT2D eigenvalue weighted by atomic mass is 10.2. The molecule has 1 N–H and O–H groups in total. The van der Waals surface area contributed by atoms with Crippen LogP contribution in [-0.2, 0) is 4.79 Å². The van der Waals surface area contributed by atoms with Crippen LogP contribution < -0.4 is 9.80 Å². The zero-order valence-corrected chi connectivity index (χ0v) is 18.3. The van der Waals surface area contributed by atoms with Crippen LogP contribution in [-0.4, -0.2) is 40.9 Å². The van der Waals surface area contributed by atoms with Crippen LogP contribution in [0.3, 0.4) is 0 Å². The van der Waals surface area contributed by atoms with E-state index in [9.17, 15) is 14.0 Å². The molecule has 1 aromatic carbocycles. The van der Waals surface area contributed by atoms with Gasteiger partial charge in [-0.1, -0.05) is 24.2 Å². The molecule has 1 fully saturated rings. The van der Waals surface area contributed by atoms with Gasteiger partial charge in [-0.15, -0.1) is 11.8 Å². The van der Waals surface area contributed by atoms with Crippen molar-refractivity contribution in [2.45, 2.75) is 35.9 Å². The molecule has 0 unspecified atom stereocenters. The van der Waals surface area contributed by atoms with Crippen LogP contribution in [0.4, 0.5) is 20.0 Å². The highest BCUT2D eigenvalue weighted by Gasteiger charge is 2.31. The number of amides is 2. The number of thiazole rings is 1. The van der Waals surface area contributed by atoms with E-state index in [0.717, 1.165) is 41.7 Å². The van der Waals surface area contributed by atoms with Gasteiger partial charge in [0.05, 0.1) is 20.6 Å². The number of hydrogen-bond donors (Lipinski definition) is 1. The van der Waals surface area contributed by atoms with Crippen molar-refractivity contribution >= 4 is 61.8 Å². The number of benzene rings is 1. The Labute approximate surface area is 178 Å². The molecule has 0 saturated heterocycles. The molecule has 28 heavy (non-hydrogen) atoms. The molecule has 1 aromatic heterocycles. The number of aliphatic carboxylic acids is 1. The van der Waals surface area contributed by atoms with Crippen molar-refractivity contribution in [2.24, 2.45) is 0 Å². The molecule has 2 aromatic rings. The molecule has 150 valence electrons. The Morgan fingerprint density at radius 2 is 2.11 bits per heavy atom. The van der Waals surface area contributed by atoms with Gasteiger partial charge in [0, 0.05) is 18.8 Å². The molecule has 0 radical (unpaired) electrons. The molecule has 0 aliphatic heterocycles. The van der Waals surface area contributed by atoms with Gasteiger partial charge in [0.25, 0.3) is 0 Å². The van der Waals surface area contributed by atoms with Crippen LogP contribution in [0.1, 0.15) is 25.7 Å². The molecule has 1 aliphatic carbocycles. The first kappa shape index (κ1) is 21.1. The molecule has 2 amide bonds. The van der Waals surface area contributed by atoms with Gasteiger partial charge < -0.3 is 5.11 Å². The molecule has 0 bridgehead atoms. The minimum Gasteiger partial charge on any atom is -0.481 e. The second-order valence-electron chi connectivity index (χ2n) is 6.39. The van der Waals surface area contributed by atoms with Gasteiger partial charge in [-0.2, -0.15) is 0 Å². The first-order valence-electron chi connectivity index (χ1n) is 8.69. The van der Waals surface area contributed by atoms with Gasteiger partial charge in [0.1, 0.15) is 5.82 Å². The van der Waals surface area contributed by atoms with Gasteiger partial charge in [0.2, 0.25) is 0 Å². The second kappa shape index (κ2) is 9.23. The highest BCUT2D eigenvalue weighted by atomic mass is 79.9. The molecular weight excluding hydrogens is 469 g/mol. The van der Waals surface area contributed by atoms with E-state index in [2.05, 4.69) is 20.9 Å². The number of carboxylic acids is 1. The van der Waals surface area contributed by atoms with Gasteiger partial charge in [0.15, 0.2) is 5.13 Å². The monoisotopic (exact) mass is 487 g/mol. The highest BCUT2D eigenvalue weighted by Crippen LogP contribution is 2.34. The van der Waals surface area contributed by atoms with E-state index < -0.39 is 11.8 Å². The molecular formula is C18H19BrFN3O3S2. The third kappa shape index (κ3) is 4.84. The van der Waals surface area contributed by atoms with E-state index in [1.807, 2.05) is 0 Å². The van der Waals surface area contributed by atoms with Crippen molar-refractivity contribution in [2.75, 3.05) is 22.6 Å². The predicted molar refractivity (Wildman–Crippen MR) is 113 cm³/mol. The lowest BCUT2D eigenvalue weighted by Gasteiger charge is -2.32. The fourth-order valence-corrected chi connectivity index (χ4v) is 5.00. The fraction of sp³-hybridized carbons (Fsp3) is 0.389. The van der Waals surface area contributed by atoms with Gasteiger partial charge in [-0.25, -0.2) is 14.2 Å². The Balaban J connectivity index is 1.84. The Hall–Kier alpha value is -1.65. The number of anilines is 2. The number of aromatic nitrogens is 1. The number of carboxylic acid groups (broad SMARTS) is 1. The molecule has 10 heteroatoms. The molecule has 1 aliphatic rings. The summed E-state index contributed by atoms with van der Waals surface area (Å²) < 4.78 is 15.2. The summed E-state index contributed by atoms with van der Waals surface area (Å²) in [6.45, 7) is 0. The number of halogens is 2. The molecule has 0 spiro atoms. The number of hydrogen-bond acceptors (Lipinski definition) is 5. The van der Waals surface area contributed by atoms with Crippen molar-refractivity contribution in [1.82, 2.24) is 4.98 Å². The van der Waals surface area contributed by atoms with E-state index >= 15 is 0 Å². The van der Waals surface area contributed by atoms with E-state index in [1.54, 1.807) is 30.3 Å². The predicted octanol–water partition coefficient (Wildman–Crippen LogP) is 5.23. The van der Waals surface area contributed by atoms with E-state index in [-0.39, 0.29) is 17.8 Å². The minimum absolute atomic E-state index is 0.0105. The third-order valence-corrected chi connectivity index (χ3v) is 7.36. The Kier molecular flexibility index (Phi) is 6.95. The largest absolute Gasteiger partial charge is 0.481 e. The molecule has 3 rings (SSSR count). The highest BCUT2D eigenvalue weighted by molar-refractivity contribution is 9.10. The van der Waals surface area contributed by atoms with Crippen LogP contribution in [0.5, 0.6) is 0 Å². The average molecular weight is 488 g/mol. The molecule has 0 atom stereocenters. The number of rotatable bonds is 6. The third-order valence-electron chi connectivity index (χ3n) is 4.46. The standard InChI is InChI=1S/C18H19BrFN3O3S2/c1-22(17-21-9-16(28-17)27-10-15(24)25)18(26)23(11-4-2-3-5-11)12-6-7-13(19)14(20)8-12/h6-9,11H,2-5,10H2,1H3,(H,24,25). The molecule has 1 heterocycles. The van der Waals surface area contributed by atoms with Crippen LogP contribution in [0.15, 0.2) is 33.1 Å². The number of carbonyl (C=O) groups is 2. The Morgan fingerprint density at radius 1 is 1.39 bits per heavy atom. The van der Waals surface area contributed by atoms with Crippen molar-refractivity contribution < 1.29 is 19.1 Å². The van der Waals surface area contributed by atoms with Gasteiger partial charge in [-0.05, 0) is 47.0 Å². The van der Waals surface area contributed by atoms with Crippen LogP contribution in [0.25, 0.3) is 0 Å². The average Bonchev–Trinajstić information content (AvgIpc) is 3.34. The van der Waals surface area contributed by atoms with E-state index in [1.165, 1.54) is 22.3 Å². The molecule has 6 nitrogen and oxygen atoms in total. The maximum absolute atomic E-state index is 14.1. The first-order chi connectivity index (χ1) is 13.4. The smallest absolute Gasteiger partial charge is 0.330 e. The summed E-state index contributed by atoms with van der Waals surface area (Å²) in [6.07, 6.45) is 5.37. The summed E-state index contributed by atoms with van der Waals surface area (Å²) in [5, 5.41) is 9.27. The van der Waals surface area contributed by atoms with Crippen LogP contribution in [0.2, 0.25) is 0 Å². The summed E-state index contributed by atoms with van der Waals surface area (Å²) in [6, 6.07) is 4.43. The Bertz CT molecular complexity index is 874. The number of nitrogens with zero attached hydrogens (tertiary/aromatic N) is 3. The topological polar surface area (TPSA) is 73.7 Å². The van der Waals surface area contributed by atoms with Gasteiger partial charge >= 0.3 is 12.0 Å². The number of urea groups is 1. The normalized spacial score (nSPS) is 14.2. The maximum atomic E-state index is 14.1. The number of thioether (sulfide) groups is 1. The van der Waals surface area contributed by atoms with Crippen LogP contribution >= 0.6 is 39.0 Å². The minimum atomic E-state index is -0.908. The van der Waals surface area contributed by atoms with E-state index in [0.29, 0.717) is 15.3 Å². The van der Waals surface area contributed by atoms with Crippen molar-refractivity contribution in [1.29, 1.82) is 0 Å². The quantitative estimate of drug-likeness (QED) is 0.564. The SMILES string of the molecule is CN(C(=O)N(c1ccc(Br)c(F)c1)C1CCCC1)c1ncc(SCC(=O)O)s1. The lowest BCUT2D eigenvalue weighted by Crippen LogP contribution is -2.46. The lowest BCUT2D eigenvalue weighted by molar-refractivity contribution is -0.133. The zero-order chi connectivity index (χ0) is 20.3. The van der Waals surface area contributed by atoms with Crippen molar-refractivity contribution in [3.8, 4) is 0 Å². The Morgan fingerprint density at radius 3 is 2.75 bits per heavy atom. The summed E-state index contributed by atoms with van der Waals surface area (Å²) >= 11 is 5.57. The molecule has 1 saturated carbocycles. The summed E-state index contributed by atoms with van der Waals surface area (Å²) in [5.74, 6) is -1.39. The fourth-order valence-electron chi connectivity index (χ4n) is 3.12. The van der Waals surface area contributed by atoms with Crippen LogP contribution in [0, 0.1) is 5.82 Å². The summed E-state index contributed by atoms with van der Waals surface area (Å²) in [7, 11) is 1.63. The maximum Gasteiger partial charge on any atom is 0.330 e. The number of carbonyl (C=O) groups excluding carboxylic acids is 1. The van der Waals surface area contributed by atoms with Crippen molar-refractivity contribution in [3.05, 3.63) is 34.7 Å². The van der Waals surface area contributed by atoms with E-state index in [4.69, 9.17) is 5.11 Å². The second-order valence-corrected chi connectivity index (χ2v) is 9.53. The first-order valence-corrected chi connectivity index (χ1v) is 11.3. The van der Waals surface area contributed by atoms with Gasteiger partial charge in [-0.3, -0.25) is 14.6 Å². The zero-order valence-electron chi connectivity index (χ0n) is 15.1. The summed E-state index contributed by atoms with van der Waals surface area (Å²) in [5.41, 5.74) is 0.515. The van der Waals surface area contributed by atoms with Crippen molar-refractivity contribution in [3.63, 3.8) is 0 Å².